The standard InChI is InChI=1S/C15H16N2O2S/c1-19-8-10-6-13(20-9-10)5-4-12-7-14(18)17-15(16-12)11-2-3-11/h4-7,9,11H,2-3,8H2,1H3,(H,16,17,18)/b5-4+. The molecule has 0 aliphatic heterocycles. The molecule has 1 aliphatic rings. The van der Waals surface area contributed by atoms with Gasteiger partial charge in [-0.15, -0.1) is 11.3 Å². The van der Waals surface area contributed by atoms with Gasteiger partial charge in [-0.2, -0.15) is 0 Å². The molecule has 1 fully saturated rings. The van der Waals surface area contributed by atoms with Gasteiger partial charge in [-0.3, -0.25) is 4.79 Å². The fourth-order valence-corrected chi connectivity index (χ4v) is 2.81. The highest BCUT2D eigenvalue weighted by Crippen LogP contribution is 2.37. The van der Waals surface area contributed by atoms with Crippen molar-refractivity contribution in [3.63, 3.8) is 0 Å². The fourth-order valence-electron chi connectivity index (χ4n) is 2.02. The lowest BCUT2D eigenvalue weighted by Crippen LogP contribution is -2.10. The third-order valence-electron chi connectivity index (χ3n) is 3.15. The molecule has 0 spiro atoms. The van der Waals surface area contributed by atoms with Crippen molar-refractivity contribution in [2.45, 2.75) is 25.4 Å². The van der Waals surface area contributed by atoms with Crippen LogP contribution in [0.3, 0.4) is 0 Å². The lowest BCUT2D eigenvalue weighted by molar-refractivity contribution is 0.185. The maximum Gasteiger partial charge on any atom is 0.251 e. The van der Waals surface area contributed by atoms with Gasteiger partial charge in [-0.1, -0.05) is 0 Å². The van der Waals surface area contributed by atoms with Crippen LogP contribution in [0.2, 0.25) is 0 Å². The molecule has 0 aromatic carbocycles. The Morgan fingerprint density at radius 2 is 2.30 bits per heavy atom. The topological polar surface area (TPSA) is 55.0 Å². The number of hydrogen-bond acceptors (Lipinski definition) is 4. The van der Waals surface area contributed by atoms with Crippen LogP contribution in [-0.2, 0) is 11.3 Å². The predicted molar refractivity (Wildman–Crippen MR) is 80.8 cm³/mol. The first-order chi connectivity index (χ1) is 9.74. The Bertz CT molecular complexity index is 683. The quantitative estimate of drug-likeness (QED) is 0.920. The van der Waals surface area contributed by atoms with Crippen LogP contribution in [0, 0.1) is 0 Å². The van der Waals surface area contributed by atoms with Crippen molar-refractivity contribution in [2.75, 3.05) is 7.11 Å². The zero-order chi connectivity index (χ0) is 13.9. The van der Waals surface area contributed by atoms with Crippen LogP contribution in [0.4, 0.5) is 0 Å². The lowest BCUT2D eigenvalue weighted by Gasteiger charge is -1.98. The highest BCUT2D eigenvalue weighted by Gasteiger charge is 2.26. The van der Waals surface area contributed by atoms with E-state index in [1.54, 1.807) is 18.4 Å². The summed E-state index contributed by atoms with van der Waals surface area (Å²) >= 11 is 1.66. The van der Waals surface area contributed by atoms with Gasteiger partial charge in [0.25, 0.3) is 5.56 Å². The molecule has 1 saturated carbocycles. The maximum absolute atomic E-state index is 11.6. The molecule has 20 heavy (non-hydrogen) atoms. The second-order valence-electron chi connectivity index (χ2n) is 4.95. The summed E-state index contributed by atoms with van der Waals surface area (Å²) in [5.41, 5.74) is 1.81. The van der Waals surface area contributed by atoms with Crippen molar-refractivity contribution >= 4 is 23.5 Å². The van der Waals surface area contributed by atoms with E-state index in [2.05, 4.69) is 21.4 Å². The number of aromatic amines is 1. The number of nitrogens with zero attached hydrogens (tertiary/aromatic N) is 1. The highest BCUT2D eigenvalue weighted by atomic mass is 32.1. The molecule has 0 unspecified atom stereocenters. The van der Waals surface area contributed by atoms with E-state index in [-0.39, 0.29) is 5.56 Å². The number of aromatic nitrogens is 2. The summed E-state index contributed by atoms with van der Waals surface area (Å²) in [4.78, 5) is 20.0. The van der Waals surface area contributed by atoms with Crippen LogP contribution in [0.15, 0.2) is 22.3 Å². The minimum Gasteiger partial charge on any atom is -0.380 e. The zero-order valence-electron chi connectivity index (χ0n) is 11.3. The second-order valence-corrected chi connectivity index (χ2v) is 5.90. The van der Waals surface area contributed by atoms with Crippen LogP contribution < -0.4 is 5.56 Å². The molecule has 4 nitrogen and oxygen atoms in total. The third-order valence-corrected chi connectivity index (χ3v) is 4.09. The van der Waals surface area contributed by atoms with Crippen molar-refractivity contribution in [3.8, 4) is 0 Å². The van der Waals surface area contributed by atoms with E-state index >= 15 is 0 Å². The van der Waals surface area contributed by atoms with Crippen LogP contribution in [0.1, 0.15) is 40.7 Å². The summed E-state index contributed by atoms with van der Waals surface area (Å²) in [7, 11) is 1.69. The molecule has 104 valence electrons. The molecule has 0 amide bonds. The smallest absolute Gasteiger partial charge is 0.251 e. The Balaban J connectivity index is 1.78. The predicted octanol–water partition coefficient (Wildman–Crippen LogP) is 3.03. The van der Waals surface area contributed by atoms with Gasteiger partial charge in [0, 0.05) is 24.0 Å². The monoisotopic (exact) mass is 288 g/mol. The van der Waals surface area contributed by atoms with E-state index < -0.39 is 0 Å². The van der Waals surface area contributed by atoms with Gasteiger partial charge in [0.05, 0.1) is 12.3 Å². The van der Waals surface area contributed by atoms with Crippen LogP contribution >= 0.6 is 11.3 Å². The van der Waals surface area contributed by atoms with E-state index in [4.69, 9.17) is 4.74 Å². The number of nitrogens with one attached hydrogen (secondary N) is 1. The van der Waals surface area contributed by atoms with E-state index in [0.717, 1.165) is 34.8 Å². The first kappa shape index (κ1) is 13.3. The summed E-state index contributed by atoms with van der Waals surface area (Å²) in [5, 5.41) is 2.07. The average Bonchev–Trinajstić information content (AvgIpc) is 3.18. The summed E-state index contributed by atoms with van der Waals surface area (Å²) < 4.78 is 5.09. The molecule has 2 aromatic heterocycles. The van der Waals surface area contributed by atoms with Gasteiger partial charge in [0.15, 0.2) is 0 Å². The Kier molecular flexibility index (Phi) is 3.80. The van der Waals surface area contributed by atoms with E-state index in [1.807, 2.05) is 12.2 Å². The first-order valence-corrected chi connectivity index (χ1v) is 7.48. The highest BCUT2D eigenvalue weighted by molar-refractivity contribution is 7.11. The summed E-state index contributed by atoms with van der Waals surface area (Å²) in [6.45, 7) is 0.624. The van der Waals surface area contributed by atoms with E-state index in [0.29, 0.717) is 12.5 Å². The molecule has 1 N–H and O–H groups in total. The zero-order valence-corrected chi connectivity index (χ0v) is 12.1. The average molecular weight is 288 g/mol. The van der Waals surface area contributed by atoms with Crippen molar-refractivity contribution in [3.05, 3.63) is 49.8 Å². The van der Waals surface area contributed by atoms with Crippen LogP contribution in [0.5, 0.6) is 0 Å². The fraction of sp³-hybridized carbons (Fsp3) is 0.333. The Hall–Kier alpha value is -1.72. The summed E-state index contributed by atoms with van der Waals surface area (Å²) in [6.07, 6.45) is 6.13. The Morgan fingerprint density at radius 3 is 3.05 bits per heavy atom. The molecule has 3 rings (SSSR count). The lowest BCUT2D eigenvalue weighted by atomic mass is 10.3. The van der Waals surface area contributed by atoms with E-state index in [9.17, 15) is 4.79 Å². The molecule has 0 saturated heterocycles. The molecule has 2 heterocycles. The molecule has 2 aromatic rings. The SMILES string of the molecule is COCc1csc(/C=C/c2cc(=O)[nH]c(C3CC3)n2)c1. The van der Waals surface area contributed by atoms with Crippen molar-refractivity contribution in [1.82, 2.24) is 9.97 Å². The van der Waals surface area contributed by atoms with Gasteiger partial charge in [0.1, 0.15) is 5.82 Å². The first-order valence-electron chi connectivity index (χ1n) is 6.60. The molecule has 0 atom stereocenters. The normalized spacial score (nSPS) is 15.1. The van der Waals surface area contributed by atoms with Gasteiger partial charge in [-0.25, -0.2) is 4.98 Å². The molecule has 0 radical (unpaired) electrons. The maximum atomic E-state index is 11.6. The number of hydrogen-bond donors (Lipinski definition) is 1. The van der Waals surface area contributed by atoms with Crippen molar-refractivity contribution in [1.29, 1.82) is 0 Å². The molecular weight excluding hydrogens is 272 g/mol. The van der Waals surface area contributed by atoms with Crippen LogP contribution in [-0.4, -0.2) is 17.1 Å². The molecule has 5 heteroatoms. The van der Waals surface area contributed by atoms with E-state index in [1.165, 1.54) is 6.07 Å². The summed E-state index contributed by atoms with van der Waals surface area (Å²) in [5.74, 6) is 1.27. The molecule has 1 aliphatic carbocycles. The third kappa shape index (κ3) is 3.23. The van der Waals surface area contributed by atoms with Crippen LogP contribution in [0.25, 0.3) is 12.2 Å². The minimum absolute atomic E-state index is 0.0761. The molecule has 0 bridgehead atoms. The number of rotatable bonds is 5. The molecular formula is C15H16N2O2S. The van der Waals surface area contributed by atoms with Crippen molar-refractivity contribution in [2.24, 2.45) is 0 Å². The Labute approximate surface area is 121 Å². The van der Waals surface area contributed by atoms with Gasteiger partial charge < -0.3 is 9.72 Å². The van der Waals surface area contributed by atoms with Crippen molar-refractivity contribution < 1.29 is 4.74 Å². The van der Waals surface area contributed by atoms with Gasteiger partial charge >= 0.3 is 0 Å². The number of H-pyrrole nitrogens is 1. The summed E-state index contributed by atoms with van der Waals surface area (Å²) in [6, 6.07) is 3.62. The minimum atomic E-state index is -0.0761. The van der Waals surface area contributed by atoms with Gasteiger partial charge in [-0.05, 0) is 42.0 Å². The van der Waals surface area contributed by atoms with Gasteiger partial charge in [0.2, 0.25) is 0 Å². The largest absolute Gasteiger partial charge is 0.380 e. The number of methoxy groups -OCH3 is 1. The number of ether oxygens (including phenoxy) is 1. The number of thiophene rings is 1. The Morgan fingerprint density at radius 1 is 1.45 bits per heavy atom. The second kappa shape index (κ2) is 5.73.